The Hall–Kier alpha value is -3.34. The zero-order valence-corrected chi connectivity index (χ0v) is 16.2. The molecule has 0 atom stereocenters. The van der Waals surface area contributed by atoms with Gasteiger partial charge in [0, 0.05) is 16.7 Å². The first-order valence-electron chi connectivity index (χ1n) is 9.90. The molecule has 150 valence electrons. The van der Waals surface area contributed by atoms with Gasteiger partial charge in [0.1, 0.15) is 0 Å². The second kappa shape index (κ2) is 7.17. The van der Waals surface area contributed by atoms with Gasteiger partial charge in [0.05, 0.1) is 23.5 Å². The standard InChI is InChI=1S/C25H19F3N2/c26-25(27,28)20-11-6-10-19(15-20)23-22-14-13-18-9-4-5-12-21(18)24(22)30(29-23)16-17-7-2-1-3-8-17/h1-12,15H,13-14,16H2. The first-order valence-corrected chi connectivity index (χ1v) is 9.90. The summed E-state index contributed by atoms with van der Waals surface area (Å²) in [5, 5.41) is 4.83. The smallest absolute Gasteiger partial charge is 0.260 e. The summed E-state index contributed by atoms with van der Waals surface area (Å²) in [6, 6.07) is 23.7. The molecule has 4 aromatic rings. The Kier molecular flexibility index (Phi) is 4.46. The Morgan fingerprint density at radius 3 is 2.40 bits per heavy atom. The van der Waals surface area contributed by atoms with Gasteiger partial charge in [-0.3, -0.25) is 4.68 Å². The lowest BCUT2D eigenvalue weighted by atomic mass is 9.87. The van der Waals surface area contributed by atoms with Crippen LogP contribution in [-0.2, 0) is 25.6 Å². The maximum atomic E-state index is 13.3. The van der Waals surface area contributed by atoms with E-state index >= 15 is 0 Å². The molecule has 1 aromatic heterocycles. The minimum absolute atomic E-state index is 0.507. The summed E-state index contributed by atoms with van der Waals surface area (Å²) in [6.45, 7) is 0.566. The molecule has 5 rings (SSSR count). The lowest BCUT2D eigenvalue weighted by Crippen LogP contribution is -2.09. The SMILES string of the molecule is FC(F)(F)c1cccc(-c2nn(Cc3ccccc3)c3c2CCc2ccccc2-3)c1. The van der Waals surface area contributed by atoms with Crippen LogP contribution in [0, 0.1) is 0 Å². The van der Waals surface area contributed by atoms with Crippen molar-refractivity contribution >= 4 is 0 Å². The van der Waals surface area contributed by atoms with Crippen LogP contribution in [0.5, 0.6) is 0 Å². The number of benzene rings is 3. The van der Waals surface area contributed by atoms with E-state index in [9.17, 15) is 13.2 Å². The number of nitrogens with zero attached hydrogens (tertiary/aromatic N) is 2. The molecular weight excluding hydrogens is 385 g/mol. The number of rotatable bonds is 3. The molecule has 30 heavy (non-hydrogen) atoms. The number of alkyl halides is 3. The van der Waals surface area contributed by atoms with Crippen LogP contribution in [0.15, 0.2) is 78.9 Å². The van der Waals surface area contributed by atoms with E-state index in [0.717, 1.165) is 41.3 Å². The fourth-order valence-electron chi connectivity index (χ4n) is 4.21. The molecule has 0 bridgehead atoms. The van der Waals surface area contributed by atoms with Crippen LogP contribution in [0.2, 0.25) is 0 Å². The van der Waals surface area contributed by atoms with Gasteiger partial charge in [0.25, 0.3) is 0 Å². The van der Waals surface area contributed by atoms with Gasteiger partial charge in [-0.1, -0.05) is 66.7 Å². The molecule has 0 spiro atoms. The van der Waals surface area contributed by atoms with Gasteiger partial charge in [0.15, 0.2) is 0 Å². The van der Waals surface area contributed by atoms with Crippen molar-refractivity contribution in [3.05, 3.63) is 101 Å². The van der Waals surface area contributed by atoms with Crippen molar-refractivity contribution in [3.63, 3.8) is 0 Å². The fraction of sp³-hybridized carbons (Fsp3) is 0.160. The maximum absolute atomic E-state index is 13.3. The van der Waals surface area contributed by atoms with Crippen LogP contribution >= 0.6 is 0 Å². The molecule has 1 heterocycles. The van der Waals surface area contributed by atoms with Gasteiger partial charge in [0.2, 0.25) is 0 Å². The van der Waals surface area contributed by atoms with Crippen molar-refractivity contribution < 1.29 is 13.2 Å². The highest BCUT2D eigenvalue weighted by atomic mass is 19.4. The van der Waals surface area contributed by atoms with Crippen LogP contribution in [0.3, 0.4) is 0 Å². The zero-order chi connectivity index (χ0) is 20.7. The lowest BCUT2D eigenvalue weighted by Gasteiger charge is -2.19. The van der Waals surface area contributed by atoms with E-state index in [-0.39, 0.29) is 0 Å². The molecule has 1 aliphatic carbocycles. The second-order valence-corrected chi connectivity index (χ2v) is 7.55. The van der Waals surface area contributed by atoms with Crippen molar-refractivity contribution in [2.75, 3.05) is 0 Å². The molecule has 0 aliphatic heterocycles. The van der Waals surface area contributed by atoms with Crippen LogP contribution in [0.1, 0.15) is 22.3 Å². The Morgan fingerprint density at radius 1 is 0.833 bits per heavy atom. The zero-order valence-electron chi connectivity index (χ0n) is 16.2. The van der Waals surface area contributed by atoms with Gasteiger partial charge >= 0.3 is 6.18 Å². The molecule has 3 aromatic carbocycles. The first-order chi connectivity index (χ1) is 14.5. The summed E-state index contributed by atoms with van der Waals surface area (Å²) in [5.74, 6) is 0. The molecule has 0 radical (unpaired) electrons. The van der Waals surface area contributed by atoms with Crippen LogP contribution in [0.4, 0.5) is 13.2 Å². The Labute approximate surface area is 172 Å². The van der Waals surface area contributed by atoms with Gasteiger partial charge in [-0.15, -0.1) is 0 Å². The molecule has 0 saturated carbocycles. The second-order valence-electron chi connectivity index (χ2n) is 7.55. The predicted octanol–water partition coefficient (Wildman–Crippen LogP) is 6.38. The van der Waals surface area contributed by atoms with Crippen LogP contribution in [-0.4, -0.2) is 9.78 Å². The molecule has 2 nitrogen and oxygen atoms in total. The summed E-state index contributed by atoms with van der Waals surface area (Å²) in [6.07, 6.45) is -2.77. The Bertz CT molecular complexity index is 1210. The predicted molar refractivity (Wildman–Crippen MR) is 111 cm³/mol. The molecule has 5 heteroatoms. The highest BCUT2D eigenvalue weighted by Gasteiger charge is 2.32. The van der Waals surface area contributed by atoms with Crippen molar-refractivity contribution in [3.8, 4) is 22.5 Å². The average Bonchev–Trinajstić information content (AvgIpc) is 3.13. The summed E-state index contributed by atoms with van der Waals surface area (Å²) in [4.78, 5) is 0. The normalized spacial score (nSPS) is 13.0. The van der Waals surface area contributed by atoms with E-state index < -0.39 is 11.7 Å². The van der Waals surface area contributed by atoms with E-state index in [1.54, 1.807) is 6.07 Å². The van der Waals surface area contributed by atoms with Crippen LogP contribution < -0.4 is 0 Å². The number of aryl methyl sites for hydroxylation is 1. The average molecular weight is 404 g/mol. The van der Waals surface area contributed by atoms with E-state index in [2.05, 4.69) is 12.1 Å². The molecule has 0 unspecified atom stereocenters. The third-order valence-corrected chi connectivity index (χ3v) is 5.61. The van der Waals surface area contributed by atoms with Gasteiger partial charge < -0.3 is 0 Å². The number of aromatic nitrogens is 2. The van der Waals surface area contributed by atoms with Crippen molar-refractivity contribution in [2.24, 2.45) is 0 Å². The van der Waals surface area contributed by atoms with E-state index in [4.69, 9.17) is 5.10 Å². The summed E-state index contributed by atoms with van der Waals surface area (Å²) >= 11 is 0. The summed E-state index contributed by atoms with van der Waals surface area (Å²) in [7, 11) is 0. The fourth-order valence-corrected chi connectivity index (χ4v) is 4.21. The minimum atomic E-state index is -4.38. The van der Waals surface area contributed by atoms with Gasteiger partial charge in [-0.25, -0.2) is 0 Å². The first kappa shape index (κ1) is 18.7. The number of halogens is 3. The minimum Gasteiger partial charge on any atom is -0.260 e. The van der Waals surface area contributed by atoms with Crippen molar-refractivity contribution in [1.29, 1.82) is 0 Å². The monoisotopic (exact) mass is 404 g/mol. The maximum Gasteiger partial charge on any atom is 0.416 e. The molecule has 1 aliphatic rings. The lowest BCUT2D eigenvalue weighted by molar-refractivity contribution is -0.137. The highest BCUT2D eigenvalue weighted by Crippen LogP contribution is 2.40. The van der Waals surface area contributed by atoms with E-state index in [1.807, 2.05) is 47.1 Å². The quantitative estimate of drug-likeness (QED) is 0.387. The molecule has 0 saturated heterocycles. The summed E-state index contributed by atoms with van der Waals surface area (Å²) < 4.78 is 41.8. The third kappa shape index (κ3) is 3.30. The van der Waals surface area contributed by atoms with Gasteiger partial charge in [-0.2, -0.15) is 18.3 Å². The Balaban J connectivity index is 1.69. The molecule has 0 fully saturated rings. The number of hydrogen-bond acceptors (Lipinski definition) is 1. The van der Waals surface area contributed by atoms with Crippen LogP contribution in [0.25, 0.3) is 22.5 Å². The number of hydrogen-bond donors (Lipinski definition) is 0. The van der Waals surface area contributed by atoms with Gasteiger partial charge in [-0.05, 0) is 36.1 Å². The number of fused-ring (bicyclic) bond motifs is 3. The highest BCUT2D eigenvalue weighted by molar-refractivity contribution is 5.78. The molecule has 0 N–H and O–H groups in total. The van der Waals surface area contributed by atoms with Crippen molar-refractivity contribution in [2.45, 2.75) is 25.6 Å². The van der Waals surface area contributed by atoms with E-state index in [0.29, 0.717) is 17.8 Å². The molecule has 0 amide bonds. The topological polar surface area (TPSA) is 17.8 Å². The Morgan fingerprint density at radius 2 is 1.60 bits per heavy atom. The third-order valence-electron chi connectivity index (χ3n) is 5.61. The largest absolute Gasteiger partial charge is 0.416 e. The van der Waals surface area contributed by atoms with E-state index in [1.165, 1.54) is 17.7 Å². The molecular formula is C25H19F3N2. The summed E-state index contributed by atoms with van der Waals surface area (Å²) in [5.41, 5.74) is 5.98. The van der Waals surface area contributed by atoms with Crippen molar-refractivity contribution in [1.82, 2.24) is 9.78 Å².